The second kappa shape index (κ2) is 68.7. The van der Waals surface area contributed by atoms with E-state index in [4.69, 9.17) is 37.0 Å². The van der Waals surface area contributed by atoms with Gasteiger partial charge in [-0.05, 0) is 141 Å². The van der Waals surface area contributed by atoms with Crippen molar-refractivity contribution in [1.82, 2.24) is 0 Å². The minimum Gasteiger partial charge on any atom is -0.462 e. The normalized spacial score (nSPS) is 14.8. The second-order valence-corrected chi connectivity index (χ2v) is 26.7. The summed E-state index contributed by atoms with van der Waals surface area (Å²) in [7, 11) is -9.99. The van der Waals surface area contributed by atoms with Crippen LogP contribution in [0.4, 0.5) is 0 Å². The maximum atomic E-state index is 13.0. The minimum atomic E-state index is -5.01. The Balaban J connectivity index is 5.47. The number of hydrogen-bond acceptors (Lipinski definition) is 15. The van der Waals surface area contributed by atoms with E-state index in [2.05, 4.69) is 131 Å². The lowest BCUT2D eigenvalue weighted by molar-refractivity contribution is -0.161. The quantitative estimate of drug-likeness (QED) is 0.0169. The Morgan fingerprint density at radius 2 is 0.583 bits per heavy atom. The molecule has 0 amide bonds. The molecule has 5 atom stereocenters. The van der Waals surface area contributed by atoms with Crippen LogP contribution in [0.3, 0.4) is 0 Å². The maximum absolute atomic E-state index is 13.0. The van der Waals surface area contributed by atoms with Crippen molar-refractivity contribution in [2.75, 3.05) is 39.6 Å². The molecule has 0 aromatic carbocycles. The third kappa shape index (κ3) is 67.8. The summed E-state index contributed by atoms with van der Waals surface area (Å²) in [6.45, 7) is 4.40. The van der Waals surface area contributed by atoms with Crippen molar-refractivity contribution in [2.45, 2.75) is 290 Å². The second-order valence-electron chi connectivity index (χ2n) is 23.8. The first-order chi connectivity index (χ1) is 46.7. The molecule has 17 nitrogen and oxygen atoms in total. The van der Waals surface area contributed by atoms with Crippen LogP contribution in [0.25, 0.3) is 0 Å². The van der Waals surface area contributed by atoms with Crippen molar-refractivity contribution in [3.05, 3.63) is 134 Å². The first kappa shape index (κ1) is 91.2. The lowest BCUT2D eigenvalue weighted by Gasteiger charge is -2.21. The summed E-state index contributed by atoms with van der Waals surface area (Å²) in [4.78, 5) is 72.6. The average molecular weight is 1390 g/mol. The van der Waals surface area contributed by atoms with Crippen LogP contribution in [0, 0.1) is 0 Å². The van der Waals surface area contributed by atoms with Crippen LogP contribution in [0.2, 0.25) is 0 Å². The fourth-order valence-corrected chi connectivity index (χ4v) is 10.7. The van der Waals surface area contributed by atoms with Crippen LogP contribution in [-0.4, -0.2) is 96.7 Å². The van der Waals surface area contributed by atoms with Crippen molar-refractivity contribution < 1.29 is 80.2 Å². The summed E-state index contributed by atoms with van der Waals surface area (Å²) in [5, 5.41) is 10.6. The highest BCUT2D eigenvalue weighted by molar-refractivity contribution is 7.47. The molecule has 0 radical (unpaired) electrons. The number of carbonyl (C=O) groups excluding carboxylic acids is 4. The van der Waals surface area contributed by atoms with Gasteiger partial charge in [0.2, 0.25) is 0 Å². The van der Waals surface area contributed by atoms with Crippen molar-refractivity contribution in [2.24, 2.45) is 0 Å². The zero-order valence-corrected chi connectivity index (χ0v) is 61.3. The van der Waals surface area contributed by atoms with Gasteiger partial charge in [-0.2, -0.15) is 0 Å². The molecule has 0 aliphatic heterocycles. The average Bonchev–Trinajstić information content (AvgIpc) is 1.36. The zero-order chi connectivity index (χ0) is 70.4. The number of phosphoric ester groups is 2. The van der Waals surface area contributed by atoms with E-state index in [-0.39, 0.29) is 25.7 Å². The first-order valence-corrected chi connectivity index (χ1v) is 39.4. The Hall–Kier alpha value is -4.80. The van der Waals surface area contributed by atoms with Gasteiger partial charge in [-0.3, -0.25) is 37.3 Å². The highest BCUT2D eigenvalue weighted by atomic mass is 31.2. The van der Waals surface area contributed by atoms with Gasteiger partial charge in [-0.1, -0.05) is 238 Å². The van der Waals surface area contributed by atoms with Gasteiger partial charge in [-0.25, -0.2) is 9.13 Å². The molecule has 0 aromatic heterocycles. The Kier molecular flexibility index (Phi) is 65.3. The molecule has 0 heterocycles. The largest absolute Gasteiger partial charge is 0.472 e. The molecule has 0 rings (SSSR count). The molecule has 0 saturated heterocycles. The Labute approximate surface area is 580 Å². The lowest BCUT2D eigenvalue weighted by atomic mass is 10.1. The molecular formula is C77H128O17P2. The van der Waals surface area contributed by atoms with E-state index >= 15 is 0 Å². The SMILES string of the molecule is CC/C=C\C/C=C\C/C=C\C/C=C\C/C=C\CC(=O)OCC(COP(=O)(O)OCC(O)COP(=O)(O)OCC(COC(=O)CCCCCCC/C=C\CCCCCC)OC(=O)CCCCCCC/C=C\CCCCCC)OC(=O)CCCC/C=C\C/C=C\C/C=C\C/C=C\CC. The smallest absolute Gasteiger partial charge is 0.462 e. The molecule has 0 bridgehead atoms. The minimum absolute atomic E-state index is 0.0193. The van der Waals surface area contributed by atoms with Crippen LogP contribution in [-0.2, 0) is 65.4 Å². The number of carbonyl (C=O) groups is 4. The Morgan fingerprint density at radius 1 is 0.312 bits per heavy atom. The summed E-state index contributed by atoms with van der Waals surface area (Å²) in [5.41, 5.74) is 0. The van der Waals surface area contributed by atoms with Gasteiger partial charge in [0.15, 0.2) is 12.2 Å². The van der Waals surface area contributed by atoms with Crippen molar-refractivity contribution >= 4 is 39.5 Å². The van der Waals surface area contributed by atoms with E-state index < -0.39 is 97.5 Å². The molecule has 0 aliphatic rings. The molecule has 0 aromatic rings. The molecule has 96 heavy (non-hydrogen) atoms. The predicted octanol–water partition coefficient (Wildman–Crippen LogP) is 20.5. The predicted molar refractivity (Wildman–Crippen MR) is 390 cm³/mol. The lowest BCUT2D eigenvalue weighted by Crippen LogP contribution is -2.30. The number of ether oxygens (including phenoxy) is 4. The molecule has 3 N–H and O–H groups in total. The molecular weight excluding hydrogens is 1260 g/mol. The molecule has 0 aliphatic carbocycles. The fraction of sp³-hybridized carbons (Fsp3) is 0.662. The summed E-state index contributed by atoms with van der Waals surface area (Å²) < 4.78 is 68.1. The van der Waals surface area contributed by atoms with Crippen molar-refractivity contribution in [1.29, 1.82) is 0 Å². The van der Waals surface area contributed by atoms with Crippen LogP contribution >= 0.6 is 15.6 Å². The van der Waals surface area contributed by atoms with Crippen molar-refractivity contribution in [3.8, 4) is 0 Å². The molecule has 0 fully saturated rings. The van der Waals surface area contributed by atoms with E-state index in [0.717, 1.165) is 135 Å². The number of allylic oxidation sites excluding steroid dienone is 21. The monoisotopic (exact) mass is 1390 g/mol. The number of phosphoric acid groups is 2. The van der Waals surface area contributed by atoms with Crippen LogP contribution in [0.15, 0.2) is 134 Å². The highest BCUT2D eigenvalue weighted by Gasteiger charge is 2.30. The van der Waals surface area contributed by atoms with Crippen LogP contribution in [0.1, 0.15) is 272 Å². The van der Waals surface area contributed by atoms with Gasteiger partial charge >= 0.3 is 39.5 Å². The van der Waals surface area contributed by atoms with Gasteiger partial charge in [0.05, 0.1) is 32.8 Å². The summed E-state index contributed by atoms with van der Waals surface area (Å²) in [5.74, 6) is -2.40. The van der Waals surface area contributed by atoms with Gasteiger partial charge < -0.3 is 33.8 Å². The summed E-state index contributed by atoms with van der Waals surface area (Å²) >= 11 is 0. The molecule has 0 spiro atoms. The number of aliphatic hydroxyl groups excluding tert-OH is 1. The van der Waals surface area contributed by atoms with Crippen LogP contribution < -0.4 is 0 Å². The summed E-state index contributed by atoms with van der Waals surface area (Å²) in [6, 6.07) is 0. The molecule has 5 unspecified atom stereocenters. The van der Waals surface area contributed by atoms with E-state index in [9.17, 15) is 43.2 Å². The third-order valence-corrected chi connectivity index (χ3v) is 16.5. The molecule has 0 saturated carbocycles. The molecule has 548 valence electrons. The maximum Gasteiger partial charge on any atom is 0.472 e. The van der Waals surface area contributed by atoms with E-state index in [1.807, 2.05) is 24.3 Å². The standard InChI is InChI=1S/C77H128O17P2/c1-5-9-13-17-21-25-29-33-35-39-42-46-50-54-58-62-75(80)88-68-73(94-77(82)64-60-56-52-48-44-40-36-34-30-26-22-18-14-10-6-2)70-92-96(85,86)90-66-71(78)65-89-95(83,84)91-69-72(93-76(81)63-59-55-51-47-43-38-32-28-24-20-16-12-8-4)67-87-74(79)61-57-53-49-45-41-37-31-27-23-19-15-11-7-3/h9-10,13-14,21-22,25-28,31-36,42,44,46,48,54,58,71-73,78H,5-8,11-12,15-20,23-24,29-30,37-41,43,45,47,49-53,55-57,59-70H2,1-4H3,(H,83,84)(H,85,86)/b13-9-,14-10-,25-21-,26-22-,31-27-,32-28-,35-33-,36-34-,46-42-,48-44-,58-54-. The van der Waals surface area contributed by atoms with Gasteiger partial charge in [0.25, 0.3) is 0 Å². The number of hydrogen-bond donors (Lipinski definition) is 3. The first-order valence-electron chi connectivity index (χ1n) is 36.4. The number of aliphatic hydroxyl groups is 1. The number of rotatable bonds is 67. The third-order valence-electron chi connectivity index (χ3n) is 14.6. The number of esters is 4. The topological polar surface area (TPSA) is 237 Å². The Bertz CT molecular complexity index is 2350. The van der Waals surface area contributed by atoms with Gasteiger partial charge in [0, 0.05) is 19.3 Å². The van der Waals surface area contributed by atoms with Gasteiger partial charge in [0.1, 0.15) is 19.3 Å². The highest BCUT2D eigenvalue weighted by Crippen LogP contribution is 2.45. The van der Waals surface area contributed by atoms with Crippen LogP contribution in [0.5, 0.6) is 0 Å². The van der Waals surface area contributed by atoms with E-state index in [0.29, 0.717) is 32.1 Å². The number of unbranched alkanes of at least 4 members (excludes halogenated alkanes) is 20. The summed E-state index contributed by atoms with van der Waals surface area (Å²) in [6.07, 6.45) is 74.9. The molecule has 19 heteroatoms. The zero-order valence-electron chi connectivity index (χ0n) is 59.5. The van der Waals surface area contributed by atoms with E-state index in [1.54, 1.807) is 6.08 Å². The van der Waals surface area contributed by atoms with Crippen molar-refractivity contribution in [3.63, 3.8) is 0 Å². The van der Waals surface area contributed by atoms with Gasteiger partial charge in [-0.15, -0.1) is 0 Å². The fourth-order valence-electron chi connectivity index (χ4n) is 9.10. The Morgan fingerprint density at radius 3 is 0.958 bits per heavy atom. The van der Waals surface area contributed by atoms with E-state index in [1.165, 1.54) is 51.4 Å².